The second-order valence-electron chi connectivity index (χ2n) is 24.8. The number of nitrogens with zero attached hydrogens (tertiary/aromatic N) is 5. The molecule has 3 aromatic carbocycles. The van der Waals surface area contributed by atoms with Gasteiger partial charge in [-0.15, -0.1) is 47.4 Å². The third-order valence-corrected chi connectivity index (χ3v) is 19.5. The summed E-state index contributed by atoms with van der Waals surface area (Å²) in [7, 11) is 1.85. The fraction of sp³-hybridized carbons (Fsp3) is 0.571. The Bertz CT molecular complexity index is 3260. The molecule has 9 rings (SSSR count). The summed E-state index contributed by atoms with van der Waals surface area (Å²) in [6.07, 6.45) is -4.91. The minimum absolute atomic E-state index is 0. The van der Waals surface area contributed by atoms with Gasteiger partial charge < -0.3 is 98.0 Å². The first kappa shape index (κ1) is 77.4. The molecule has 524 valence electrons. The highest BCUT2D eigenvalue weighted by molar-refractivity contribution is 7.17. The molecule has 4 aromatic rings. The van der Waals surface area contributed by atoms with E-state index in [1.54, 1.807) is 12.1 Å². The number of phenols is 1. The van der Waals surface area contributed by atoms with Gasteiger partial charge in [-0.25, -0.2) is 0 Å². The minimum Gasteiger partial charge on any atom is -0.504 e. The van der Waals surface area contributed by atoms with Crippen molar-refractivity contribution in [1.82, 2.24) is 46.6 Å². The summed E-state index contributed by atoms with van der Waals surface area (Å²) < 4.78 is 11.7. The number of phenolic OH excluding ortho intramolecular Hbond substituents is 1. The Morgan fingerprint density at radius 1 is 0.747 bits per heavy atom. The van der Waals surface area contributed by atoms with Crippen molar-refractivity contribution in [2.45, 2.75) is 157 Å². The lowest BCUT2D eigenvalue weighted by Crippen LogP contribution is -2.64. The number of carbonyl (C=O) groups excluding carboxylic acids is 7. The highest BCUT2D eigenvalue weighted by Gasteiger charge is 2.50. The number of aliphatic hydroxyl groups is 6. The van der Waals surface area contributed by atoms with Crippen LogP contribution in [0.3, 0.4) is 0 Å². The van der Waals surface area contributed by atoms with Crippen LogP contribution in [0.25, 0.3) is 21.1 Å². The number of aliphatic hydroxyl groups excluding tert-OH is 6. The molecule has 4 aliphatic heterocycles. The van der Waals surface area contributed by atoms with Crippen LogP contribution in [-0.4, -0.2) is 235 Å². The third kappa shape index (κ3) is 18.2. The number of ether oxygens (including phenoxy) is 2. The maximum Gasteiger partial charge on any atom is 0.251 e. The number of fused-ring (bicyclic) bond motifs is 2. The number of aromatic nitrogens is 2. The highest BCUT2D eigenvalue weighted by Crippen LogP contribution is 2.43. The van der Waals surface area contributed by atoms with Crippen molar-refractivity contribution in [3.05, 3.63) is 77.9 Å². The van der Waals surface area contributed by atoms with Gasteiger partial charge in [-0.3, -0.25) is 33.6 Å². The Kier molecular flexibility index (Phi) is 28.2. The predicted octanol–water partition coefficient (Wildman–Crippen LogP) is -0.346. The van der Waals surface area contributed by atoms with E-state index in [-0.39, 0.29) is 98.1 Å². The van der Waals surface area contributed by atoms with Gasteiger partial charge in [0.2, 0.25) is 35.4 Å². The molecule has 32 heteroatoms. The molecule has 0 unspecified atom stereocenters. The number of hydrogen-bond acceptors (Lipinski definition) is 22. The van der Waals surface area contributed by atoms with Crippen molar-refractivity contribution in [2.75, 3.05) is 64.4 Å². The number of anilines is 1. The van der Waals surface area contributed by atoms with E-state index in [9.17, 15) is 69.3 Å². The SMILES string of the molecule is COC1(C2CCCC2)CCN(c2ccc(-c3nnc(-c4ccc(C(=O)N[C@H]5C[C@@H](O)CNC(=O)[C@@H]6[C@@H](O)[C@@H](C)CN6C(=O)[C@H]([C@H](O)CCN)NC(=O)[C@H]([C@H](O)Cc6ccc(O)c(OCCN)c6)NC(=O)[C@@H]6C[C@@H](O)CN6C(=O)[C@H]([C@@H](C)O)NC5=O)cc4)s3)cc2)CC1.Cl.Cl.Cl. The monoisotopic (exact) mass is 1410 g/mol. The topological polar surface area (TPSA) is 427 Å². The average molecular weight is 1410 g/mol. The molecule has 1 saturated carbocycles. The largest absolute Gasteiger partial charge is 0.504 e. The number of hydrogen-bond donors (Lipinski definition) is 14. The Labute approximate surface area is 572 Å². The molecule has 5 fully saturated rings. The van der Waals surface area contributed by atoms with Crippen LogP contribution in [0.5, 0.6) is 11.5 Å². The van der Waals surface area contributed by atoms with Crippen molar-refractivity contribution in [2.24, 2.45) is 23.3 Å². The molecule has 13 atom stereocenters. The van der Waals surface area contributed by atoms with E-state index in [4.69, 9.17) is 20.9 Å². The number of amides is 7. The molecule has 0 spiro atoms. The fourth-order valence-electron chi connectivity index (χ4n) is 13.2. The van der Waals surface area contributed by atoms with Crippen LogP contribution in [0.1, 0.15) is 87.6 Å². The number of nitrogens with two attached hydrogens (primary N) is 2. The Balaban J connectivity index is 0.00000476. The number of carbonyl (C=O) groups is 7. The minimum atomic E-state index is -2.04. The zero-order valence-electron chi connectivity index (χ0n) is 53.0. The third-order valence-electron chi connectivity index (χ3n) is 18.5. The van der Waals surface area contributed by atoms with Gasteiger partial charge in [0.15, 0.2) is 11.5 Å². The number of aromatic hydroxyl groups is 1. The number of nitrogens with one attached hydrogen (secondary N) is 5. The summed E-state index contributed by atoms with van der Waals surface area (Å²) in [5.41, 5.74) is 14.2. The maximum atomic E-state index is 14.7. The number of β-amino-alcohol motifs (C(OH)–C–C–N with tert-alkyl or cyclic N) is 1. The van der Waals surface area contributed by atoms with Gasteiger partial charge in [0.25, 0.3) is 5.91 Å². The molecule has 5 aliphatic rings. The molecule has 16 N–H and O–H groups in total. The van der Waals surface area contributed by atoms with Crippen molar-refractivity contribution >= 4 is 95.6 Å². The lowest BCUT2D eigenvalue weighted by Gasteiger charge is -2.45. The molecule has 28 nitrogen and oxygen atoms in total. The predicted molar refractivity (Wildman–Crippen MR) is 357 cm³/mol. The Morgan fingerprint density at radius 3 is 1.97 bits per heavy atom. The molecule has 5 heterocycles. The van der Waals surface area contributed by atoms with Gasteiger partial charge in [0.05, 0.1) is 42.2 Å². The lowest BCUT2D eigenvalue weighted by molar-refractivity contribution is -0.147. The summed E-state index contributed by atoms with van der Waals surface area (Å²) in [5, 5.41) is 102. The molecule has 0 bridgehead atoms. The van der Waals surface area contributed by atoms with Crippen LogP contribution in [-0.2, 0) is 39.9 Å². The van der Waals surface area contributed by atoms with Crippen LogP contribution in [0.4, 0.5) is 5.69 Å². The maximum absolute atomic E-state index is 14.7. The van der Waals surface area contributed by atoms with Gasteiger partial charge in [-0.05, 0) is 106 Å². The number of rotatable bonds is 17. The number of halogens is 3. The van der Waals surface area contributed by atoms with Gasteiger partial charge in [0, 0.05) is 93.9 Å². The quantitative estimate of drug-likeness (QED) is 0.0643. The first-order valence-corrected chi connectivity index (χ1v) is 32.2. The van der Waals surface area contributed by atoms with Crippen molar-refractivity contribution in [1.29, 1.82) is 0 Å². The molecule has 0 radical (unpaired) electrons. The number of methoxy groups -OCH3 is 1. The summed E-state index contributed by atoms with van der Waals surface area (Å²) >= 11 is 1.35. The van der Waals surface area contributed by atoms with Crippen LogP contribution in [0.15, 0.2) is 66.7 Å². The van der Waals surface area contributed by atoms with E-state index in [0.717, 1.165) is 53.9 Å². The van der Waals surface area contributed by atoms with Crippen LogP contribution < -0.4 is 47.7 Å². The molecule has 95 heavy (non-hydrogen) atoms. The second kappa shape index (κ2) is 34.6. The average Bonchev–Trinajstić information content (AvgIpc) is 1.74. The summed E-state index contributed by atoms with van der Waals surface area (Å²) in [5.74, 6) is -8.02. The van der Waals surface area contributed by atoms with E-state index in [0.29, 0.717) is 21.5 Å². The van der Waals surface area contributed by atoms with Crippen LogP contribution >= 0.6 is 48.6 Å². The zero-order valence-corrected chi connectivity index (χ0v) is 56.3. The normalized spacial score (nSPS) is 26.5. The number of piperidine rings is 1. The van der Waals surface area contributed by atoms with Gasteiger partial charge in [0.1, 0.15) is 52.9 Å². The smallest absolute Gasteiger partial charge is 0.251 e. The van der Waals surface area contributed by atoms with E-state index in [1.165, 1.54) is 74.3 Å². The van der Waals surface area contributed by atoms with E-state index >= 15 is 0 Å². The lowest BCUT2D eigenvalue weighted by atomic mass is 9.78. The molecular formula is C63H89Cl3N12O16S. The Hall–Kier alpha value is -6.58. The summed E-state index contributed by atoms with van der Waals surface area (Å²) in [6, 6.07) is 7.49. The first-order chi connectivity index (χ1) is 44.0. The van der Waals surface area contributed by atoms with Crippen LogP contribution in [0.2, 0.25) is 0 Å². The fourth-order valence-corrected chi connectivity index (χ4v) is 14.1. The van der Waals surface area contributed by atoms with E-state index in [2.05, 4.69) is 53.8 Å². The molecule has 1 aliphatic carbocycles. The zero-order chi connectivity index (χ0) is 66.1. The van der Waals surface area contributed by atoms with E-state index in [1.807, 2.05) is 19.2 Å². The second-order valence-corrected chi connectivity index (χ2v) is 25.8. The van der Waals surface area contributed by atoms with Gasteiger partial charge >= 0.3 is 0 Å². The molecular weight excluding hydrogens is 1320 g/mol. The van der Waals surface area contributed by atoms with Crippen molar-refractivity contribution in [3.8, 4) is 32.6 Å². The number of benzene rings is 3. The van der Waals surface area contributed by atoms with Crippen LogP contribution in [0, 0.1) is 11.8 Å². The first-order valence-electron chi connectivity index (χ1n) is 31.4. The standard InChI is InChI=1S/C63H86N12O16S.3ClH/c1-33-31-75-52(53(33)82)58(87)66-30-41(77)28-43(67-54(83)36-9-11-37(12-10-36)59-71-72-60(92-59)38-13-15-40(16-14-38)73-23-19-63(90-3,20-24-73)39-6-4-5-7-39)55(84)68-49(34(2)76)61(88)74-32-42(78)29-44(74)56(85)69-50(57(86)70-51(62(75)89)46(80)18-21-64)47(81)26-35-8-17-45(79)48(27-35)91-25-22-65;;;/h8-17,27,33-34,39,41-44,46-47,49-53,76-82H,4-7,18-26,28-32,64-65H2,1-3H3,(H,66,87)(H,67,83)(H,68,84)(H,69,85)(H,70,86);3*1H/t33-,34+,41+,42+,43-,44-,46+,47+,49-,50-,51-,52-,53-;;;/m0.../s1. The molecule has 1 aromatic heterocycles. The summed E-state index contributed by atoms with van der Waals surface area (Å²) in [4.78, 5) is 106. The van der Waals surface area contributed by atoms with Crippen molar-refractivity contribution < 1.29 is 78.8 Å². The van der Waals surface area contributed by atoms with Gasteiger partial charge in [-0.1, -0.05) is 49.3 Å². The molecule has 4 saturated heterocycles. The van der Waals surface area contributed by atoms with Crippen molar-refractivity contribution in [3.63, 3.8) is 0 Å². The van der Waals surface area contributed by atoms with E-state index < -0.39 is 152 Å². The molecule has 7 amide bonds. The summed E-state index contributed by atoms with van der Waals surface area (Å²) in [6.45, 7) is 2.89. The van der Waals surface area contributed by atoms with Gasteiger partial charge in [-0.2, -0.15) is 0 Å². The Morgan fingerprint density at radius 2 is 1.36 bits per heavy atom. The highest BCUT2D eigenvalue weighted by atomic mass is 35.5.